The SMILES string of the molecule is Cc1nc2c(c(OS(=O)(=O)C(F)(F)F)n1)N(C(=O)OC(C)(C)C)CCC2. The molecule has 26 heavy (non-hydrogen) atoms. The first kappa shape index (κ1) is 20.2. The van der Waals surface area contributed by atoms with E-state index in [4.69, 9.17) is 4.74 Å². The predicted molar refractivity (Wildman–Crippen MR) is 84.3 cm³/mol. The quantitative estimate of drug-likeness (QED) is 0.559. The van der Waals surface area contributed by atoms with E-state index in [1.54, 1.807) is 20.8 Å². The van der Waals surface area contributed by atoms with E-state index in [1.165, 1.54) is 6.92 Å². The molecule has 2 rings (SSSR count). The molecular weight excluding hydrogens is 379 g/mol. The van der Waals surface area contributed by atoms with Gasteiger partial charge in [0.1, 0.15) is 17.1 Å². The third kappa shape index (κ3) is 4.34. The molecule has 12 heteroatoms. The Hall–Kier alpha value is -2.11. The number of anilines is 1. The zero-order chi connectivity index (χ0) is 19.9. The topological polar surface area (TPSA) is 98.7 Å². The number of alkyl halides is 3. The van der Waals surface area contributed by atoms with Crippen LogP contribution in [0.5, 0.6) is 5.88 Å². The van der Waals surface area contributed by atoms with E-state index in [0.29, 0.717) is 12.8 Å². The summed E-state index contributed by atoms with van der Waals surface area (Å²) in [5.74, 6) is -0.836. The van der Waals surface area contributed by atoms with E-state index < -0.39 is 33.2 Å². The van der Waals surface area contributed by atoms with Gasteiger partial charge in [0.05, 0.1) is 5.69 Å². The van der Waals surface area contributed by atoms with Gasteiger partial charge in [-0.25, -0.2) is 9.78 Å². The van der Waals surface area contributed by atoms with Crippen LogP contribution in [0, 0.1) is 6.92 Å². The number of aromatic nitrogens is 2. The highest BCUT2D eigenvalue weighted by Gasteiger charge is 2.49. The molecule has 0 saturated carbocycles. The molecule has 0 aromatic carbocycles. The Kier molecular flexibility index (Phi) is 5.10. The fourth-order valence-corrected chi connectivity index (χ4v) is 2.69. The van der Waals surface area contributed by atoms with Crippen LogP contribution in [-0.4, -0.2) is 42.1 Å². The molecule has 0 bridgehead atoms. The summed E-state index contributed by atoms with van der Waals surface area (Å²) in [6.45, 7) is 6.32. The van der Waals surface area contributed by atoms with Gasteiger partial charge >= 0.3 is 21.7 Å². The molecule has 0 aliphatic carbocycles. The van der Waals surface area contributed by atoms with E-state index in [2.05, 4.69) is 14.2 Å². The molecule has 1 aliphatic rings. The third-order valence-corrected chi connectivity index (χ3v) is 4.13. The number of carbonyl (C=O) groups is 1. The van der Waals surface area contributed by atoms with Crippen LogP contribution in [0.4, 0.5) is 23.7 Å². The van der Waals surface area contributed by atoms with Crippen molar-refractivity contribution >= 4 is 21.9 Å². The van der Waals surface area contributed by atoms with Crippen molar-refractivity contribution in [1.82, 2.24) is 9.97 Å². The molecule has 146 valence electrons. The van der Waals surface area contributed by atoms with Crippen LogP contribution in [0.2, 0.25) is 0 Å². The Morgan fingerprint density at radius 3 is 2.35 bits per heavy atom. The minimum absolute atomic E-state index is 0.0159. The number of hydrogen-bond acceptors (Lipinski definition) is 7. The first-order valence-corrected chi connectivity index (χ1v) is 9.01. The van der Waals surface area contributed by atoms with Crippen LogP contribution >= 0.6 is 0 Å². The van der Waals surface area contributed by atoms with Gasteiger partial charge < -0.3 is 8.92 Å². The number of rotatable bonds is 2. The van der Waals surface area contributed by atoms with Gasteiger partial charge in [-0.2, -0.15) is 26.6 Å². The number of carbonyl (C=O) groups excluding carboxylic acids is 1. The minimum Gasteiger partial charge on any atom is -0.443 e. The maximum absolute atomic E-state index is 12.7. The molecule has 0 atom stereocenters. The Morgan fingerprint density at radius 1 is 1.19 bits per heavy atom. The van der Waals surface area contributed by atoms with Gasteiger partial charge in [0.2, 0.25) is 0 Å². The fraction of sp³-hybridized carbons (Fsp3) is 0.643. The van der Waals surface area contributed by atoms with Crippen molar-refractivity contribution < 1.29 is 35.3 Å². The second-order valence-corrected chi connectivity index (χ2v) is 8.13. The summed E-state index contributed by atoms with van der Waals surface area (Å²) < 4.78 is 70.2. The van der Waals surface area contributed by atoms with Crippen LogP contribution in [0.15, 0.2) is 0 Å². The molecule has 1 aromatic rings. The van der Waals surface area contributed by atoms with Gasteiger partial charge in [-0.15, -0.1) is 0 Å². The zero-order valence-electron chi connectivity index (χ0n) is 14.5. The normalized spacial score (nSPS) is 15.4. The highest BCUT2D eigenvalue weighted by Crippen LogP contribution is 2.37. The molecule has 0 spiro atoms. The Bertz CT molecular complexity index is 818. The Morgan fingerprint density at radius 2 is 1.81 bits per heavy atom. The molecule has 8 nitrogen and oxygen atoms in total. The summed E-state index contributed by atoms with van der Waals surface area (Å²) in [6.07, 6.45) is -0.0747. The van der Waals surface area contributed by atoms with Crippen molar-refractivity contribution in [1.29, 1.82) is 0 Å². The lowest BCUT2D eigenvalue weighted by atomic mass is 10.1. The molecule has 0 N–H and O–H groups in total. The number of halogens is 3. The first-order chi connectivity index (χ1) is 11.7. The number of hydrogen-bond donors (Lipinski definition) is 0. The summed E-state index contributed by atoms with van der Waals surface area (Å²) in [5.41, 5.74) is -6.52. The number of amides is 1. The van der Waals surface area contributed by atoms with Crippen molar-refractivity contribution in [3.8, 4) is 5.88 Å². The van der Waals surface area contributed by atoms with E-state index in [0.717, 1.165) is 4.90 Å². The van der Waals surface area contributed by atoms with Gasteiger partial charge in [0.15, 0.2) is 0 Å². The van der Waals surface area contributed by atoms with Crippen molar-refractivity contribution in [2.24, 2.45) is 0 Å². The first-order valence-electron chi connectivity index (χ1n) is 7.60. The predicted octanol–water partition coefficient (Wildman–Crippen LogP) is 2.70. The highest BCUT2D eigenvalue weighted by atomic mass is 32.2. The summed E-state index contributed by atoms with van der Waals surface area (Å²) in [6, 6.07) is 0. The second kappa shape index (κ2) is 6.56. The minimum atomic E-state index is -5.95. The van der Waals surface area contributed by atoms with Crippen LogP contribution in [0.1, 0.15) is 38.7 Å². The van der Waals surface area contributed by atoms with E-state index in [1.807, 2.05) is 0 Å². The lowest BCUT2D eigenvalue weighted by Gasteiger charge is -2.31. The van der Waals surface area contributed by atoms with Crippen LogP contribution < -0.4 is 9.08 Å². The monoisotopic (exact) mass is 397 g/mol. The molecule has 0 unspecified atom stereocenters. The third-order valence-electron chi connectivity index (χ3n) is 3.19. The average Bonchev–Trinajstić information content (AvgIpc) is 2.42. The molecule has 0 radical (unpaired) electrons. The summed E-state index contributed by atoms with van der Waals surface area (Å²) >= 11 is 0. The summed E-state index contributed by atoms with van der Waals surface area (Å²) in [5, 5.41) is 0. The second-order valence-electron chi connectivity index (χ2n) is 6.59. The molecular formula is C14H18F3N3O5S. The lowest BCUT2D eigenvalue weighted by molar-refractivity contribution is -0.0501. The van der Waals surface area contributed by atoms with Crippen molar-refractivity contribution in [3.63, 3.8) is 0 Å². The summed E-state index contributed by atoms with van der Waals surface area (Å²) in [7, 11) is -5.95. The summed E-state index contributed by atoms with van der Waals surface area (Å²) in [4.78, 5) is 21.1. The molecule has 2 heterocycles. The smallest absolute Gasteiger partial charge is 0.443 e. The average molecular weight is 397 g/mol. The molecule has 0 fully saturated rings. The van der Waals surface area contributed by atoms with Crippen LogP contribution in [0.3, 0.4) is 0 Å². The van der Waals surface area contributed by atoms with Gasteiger partial charge in [0, 0.05) is 6.54 Å². The van der Waals surface area contributed by atoms with E-state index in [9.17, 15) is 26.4 Å². The number of aryl methyl sites for hydroxylation is 2. The highest BCUT2D eigenvalue weighted by molar-refractivity contribution is 7.88. The van der Waals surface area contributed by atoms with E-state index >= 15 is 0 Å². The maximum Gasteiger partial charge on any atom is 0.534 e. The largest absolute Gasteiger partial charge is 0.534 e. The van der Waals surface area contributed by atoms with Crippen LogP contribution in [-0.2, 0) is 21.3 Å². The molecule has 0 saturated heterocycles. The fourth-order valence-electron chi connectivity index (χ4n) is 2.27. The number of fused-ring (bicyclic) bond motifs is 1. The van der Waals surface area contributed by atoms with Gasteiger partial charge in [-0.1, -0.05) is 0 Å². The van der Waals surface area contributed by atoms with Crippen molar-refractivity contribution in [2.45, 2.75) is 51.6 Å². The van der Waals surface area contributed by atoms with Gasteiger partial charge in [-0.3, -0.25) is 4.90 Å². The molecule has 1 aromatic heterocycles. The van der Waals surface area contributed by atoms with E-state index in [-0.39, 0.29) is 23.8 Å². The maximum atomic E-state index is 12.7. The Labute approximate surface area is 148 Å². The lowest BCUT2D eigenvalue weighted by Crippen LogP contribution is -2.41. The van der Waals surface area contributed by atoms with Gasteiger partial charge in [0.25, 0.3) is 5.88 Å². The standard InChI is InChI=1S/C14H18F3N3O5S/c1-8-18-9-6-5-7-20(12(21)24-13(2,3)4)10(9)11(19-8)25-26(22,23)14(15,16)17/h5-7H2,1-4H3. The van der Waals surface area contributed by atoms with Gasteiger partial charge in [-0.05, 0) is 40.5 Å². The van der Waals surface area contributed by atoms with Crippen LogP contribution in [0.25, 0.3) is 0 Å². The molecule has 1 amide bonds. The molecule has 1 aliphatic heterocycles. The number of ether oxygens (including phenoxy) is 1. The number of nitrogens with zero attached hydrogens (tertiary/aromatic N) is 3. The Balaban J connectivity index is 2.52. The van der Waals surface area contributed by atoms with Crippen molar-refractivity contribution in [2.75, 3.05) is 11.4 Å². The van der Waals surface area contributed by atoms with Crippen molar-refractivity contribution in [3.05, 3.63) is 11.5 Å². The zero-order valence-corrected chi connectivity index (χ0v) is 15.4.